The van der Waals surface area contributed by atoms with Gasteiger partial charge in [-0.3, -0.25) is 9.88 Å². The Hall–Kier alpha value is -1.62. The third-order valence-corrected chi connectivity index (χ3v) is 4.54. The van der Waals surface area contributed by atoms with Gasteiger partial charge in [0.1, 0.15) is 5.75 Å². The molecule has 2 aromatic rings. The summed E-state index contributed by atoms with van der Waals surface area (Å²) in [5.41, 5.74) is 2.28. The fourth-order valence-electron chi connectivity index (χ4n) is 3.27. The molecule has 1 saturated heterocycles. The van der Waals surface area contributed by atoms with Crippen molar-refractivity contribution >= 4 is 11.6 Å². The Morgan fingerprint density at radius 2 is 2.21 bits per heavy atom. The van der Waals surface area contributed by atoms with E-state index in [-0.39, 0.29) is 6.04 Å². The van der Waals surface area contributed by atoms with Gasteiger partial charge in [0, 0.05) is 42.6 Å². The number of halogens is 1. The standard InChI is InChI=1S/C19H24ClN3O/c1-2-24-18-7-6-16(20)13-17(18)19(15-5-3-8-22-14-15)23-11-4-9-21-10-12-23/h3,5-8,13-14,19,21H,2,4,9-12H2,1H3. The van der Waals surface area contributed by atoms with Gasteiger partial charge in [0.25, 0.3) is 0 Å². The molecule has 5 heteroatoms. The molecule has 0 saturated carbocycles. The van der Waals surface area contributed by atoms with Crippen molar-refractivity contribution in [2.24, 2.45) is 0 Å². The fraction of sp³-hybridized carbons (Fsp3) is 0.421. The highest BCUT2D eigenvalue weighted by molar-refractivity contribution is 6.30. The predicted molar refractivity (Wildman–Crippen MR) is 97.8 cm³/mol. The number of hydrogen-bond donors (Lipinski definition) is 1. The Labute approximate surface area is 148 Å². The maximum Gasteiger partial charge on any atom is 0.124 e. The highest BCUT2D eigenvalue weighted by atomic mass is 35.5. The number of hydrogen-bond acceptors (Lipinski definition) is 4. The Morgan fingerprint density at radius 1 is 1.29 bits per heavy atom. The number of nitrogens with zero attached hydrogens (tertiary/aromatic N) is 2. The third kappa shape index (κ3) is 4.07. The zero-order valence-corrected chi connectivity index (χ0v) is 14.8. The van der Waals surface area contributed by atoms with Crippen molar-refractivity contribution < 1.29 is 4.74 Å². The van der Waals surface area contributed by atoms with Crippen molar-refractivity contribution in [3.63, 3.8) is 0 Å². The van der Waals surface area contributed by atoms with Crippen LogP contribution in [0, 0.1) is 0 Å². The van der Waals surface area contributed by atoms with Crippen LogP contribution in [0.5, 0.6) is 5.75 Å². The molecule has 1 aliphatic rings. The maximum absolute atomic E-state index is 6.32. The summed E-state index contributed by atoms with van der Waals surface area (Å²) in [7, 11) is 0. The zero-order valence-electron chi connectivity index (χ0n) is 14.0. The van der Waals surface area contributed by atoms with Gasteiger partial charge in [-0.05, 0) is 49.7 Å². The molecule has 1 aliphatic heterocycles. The van der Waals surface area contributed by atoms with Gasteiger partial charge in [-0.25, -0.2) is 0 Å². The number of ether oxygens (including phenoxy) is 1. The highest BCUT2D eigenvalue weighted by Crippen LogP contribution is 2.36. The van der Waals surface area contributed by atoms with Crippen molar-refractivity contribution in [2.75, 3.05) is 32.8 Å². The summed E-state index contributed by atoms with van der Waals surface area (Å²) < 4.78 is 5.90. The van der Waals surface area contributed by atoms with Crippen LogP contribution in [-0.4, -0.2) is 42.7 Å². The molecule has 1 atom stereocenters. The minimum absolute atomic E-state index is 0.0962. The molecule has 0 radical (unpaired) electrons. The molecule has 24 heavy (non-hydrogen) atoms. The van der Waals surface area contributed by atoms with Gasteiger partial charge >= 0.3 is 0 Å². The molecule has 1 N–H and O–H groups in total. The molecule has 3 rings (SSSR count). The van der Waals surface area contributed by atoms with Crippen molar-refractivity contribution in [2.45, 2.75) is 19.4 Å². The lowest BCUT2D eigenvalue weighted by Gasteiger charge is -2.32. The highest BCUT2D eigenvalue weighted by Gasteiger charge is 2.26. The van der Waals surface area contributed by atoms with Crippen molar-refractivity contribution in [3.8, 4) is 5.75 Å². The average molecular weight is 346 g/mol. The molecular weight excluding hydrogens is 322 g/mol. The molecule has 4 nitrogen and oxygen atoms in total. The summed E-state index contributed by atoms with van der Waals surface area (Å²) >= 11 is 6.32. The van der Waals surface area contributed by atoms with Crippen LogP contribution < -0.4 is 10.1 Å². The summed E-state index contributed by atoms with van der Waals surface area (Å²) in [5, 5.41) is 4.20. The topological polar surface area (TPSA) is 37.4 Å². The van der Waals surface area contributed by atoms with Crippen LogP contribution in [0.4, 0.5) is 0 Å². The van der Waals surface area contributed by atoms with E-state index < -0.39 is 0 Å². The average Bonchev–Trinajstić information content (AvgIpc) is 2.88. The first-order valence-electron chi connectivity index (χ1n) is 8.56. The third-order valence-electron chi connectivity index (χ3n) is 4.31. The van der Waals surface area contributed by atoms with Crippen LogP contribution in [0.3, 0.4) is 0 Å². The molecule has 0 amide bonds. The van der Waals surface area contributed by atoms with Crippen LogP contribution in [0.15, 0.2) is 42.7 Å². The van der Waals surface area contributed by atoms with E-state index in [1.54, 1.807) is 0 Å². The molecule has 128 valence electrons. The smallest absolute Gasteiger partial charge is 0.124 e. The Morgan fingerprint density at radius 3 is 3.00 bits per heavy atom. The first-order chi connectivity index (χ1) is 11.8. The lowest BCUT2D eigenvalue weighted by Crippen LogP contribution is -2.33. The first kappa shape index (κ1) is 17.2. The van der Waals surface area contributed by atoms with Gasteiger partial charge in [0.2, 0.25) is 0 Å². The molecular formula is C19H24ClN3O. The van der Waals surface area contributed by atoms with Crippen molar-refractivity contribution in [1.82, 2.24) is 15.2 Å². The lowest BCUT2D eigenvalue weighted by atomic mass is 9.97. The Bertz CT molecular complexity index is 642. The summed E-state index contributed by atoms with van der Waals surface area (Å²) in [6, 6.07) is 10.1. The van der Waals surface area contributed by atoms with Crippen LogP contribution in [-0.2, 0) is 0 Å². The SMILES string of the molecule is CCOc1ccc(Cl)cc1C(c1cccnc1)N1CCCNCC1. The van der Waals surface area contributed by atoms with E-state index in [0.29, 0.717) is 6.61 Å². The summed E-state index contributed by atoms with van der Waals surface area (Å²) in [6.07, 6.45) is 4.88. The van der Waals surface area contributed by atoms with Gasteiger partial charge in [-0.15, -0.1) is 0 Å². The first-order valence-corrected chi connectivity index (χ1v) is 8.94. The zero-order chi connectivity index (χ0) is 16.8. The molecule has 1 fully saturated rings. The predicted octanol–water partition coefficient (Wildman–Crippen LogP) is 3.52. The Balaban J connectivity index is 2.05. The van der Waals surface area contributed by atoms with Gasteiger partial charge < -0.3 is 10.1 Å². The van der Waals surface area contributed by atoms with Gasteiger partial charge in [-0.2, -0.15) is 0 Å². The van der Waals surface area contributed by atoms with E-state index in [0.717, 1.165) is 48.9 Å². The monoisotopic (exact) mass is 345 g/mol. The molecule has 1 aromatic heterocycles. The number of aromatic nitrogens is 1. The molecule has 2 heterocycles. The van der Waals surface area contributed by atoms with Crippen LogP contribution in [0.25, 0.3) is 0 Å². The summed E-state index contributed by atoms with van der Waals surface area (Å²) in [6.45, 7) is 6.71. The van der Waals surface area contributed by atoms with Crippen molar-refractivity contribution in [3.05, 3.63) is 58.9 Å². The van der Waals surface area contributed by atoms with Crippen LogP contribution >= 0.6 is 11.6 Å². The van der Waals surface area contributed by atoms with E-state index in [2.05, 4.69) is 21.3 Å². The van der Waals surface area contributed by atoms with Gasteiger partial charge in [-0.1, -0.05) is 17.7 Å². The fourth-order valence-corrected chi connectivity index (χ4v) is 3.45. The van der Waals surface area contributed by atoms with E-state index in [9.17, 15) is 0 Å². The summed E-state index contributed by atoms with van der Waals surface area (Å²) in [5.74, 6) is 0.896. The molecule has 0 bridgehead atoms. The van der Waals surface area contributed by atoms with Gasteiger partial charge in [0.05, 0.1) is 12.6 Å². The number of nitrogens with one attached hydrogen (secondary N) is 1. The normalized spacial score (nSPS) is 17.2. The largest absolute Gasteiger partial charge is 0.494 e. The van der Waals surface area contributed by atoms with E-state index in [1.807, 2.05) is 43.6 Å². The second kappa shape index (κ2) is 8.47. The quantitative estimate of drug-likeness (QED) is 0.899. The number of pyridine rings is 1. The van der Waals surface area contributed by atoms with Crippen LogP contribution in [0.1, 0.15) is 30.5 Å². The Kier molecular flexibility index (Phi) is 6.07. The second-order valence-corrected chi connectivity index (χ2v) is 6.38. The van der Waals surface area contributed by atoms with Gasteiger partial charge in [0.15, 0.2) is 0 Å². The van der Waals surface area contributed by atoms with Crippen molar-refractivity contribution in [1.29, 1.82) is 0 Å². The molecule has 0 spiro atoms. The number of rotatable bonds is 5. The van der Waals surface area contributed by atoms with E-state index in [4.69, 9.17) is 16.3 Å². The number of benzene rings is 1. The minimum Gasteiger partial charge on any atom is -0.494 e. The molecule has 0 aliphatic carbocycles. The maximum atomic E-state index is 6.32. The van der Waals surface area contributed by atoms with E-state index in [1.165, 1.54) is 5.56 Å². The molecule has 1 unspecified atom stereocenters. The van der Waals surface area contributed by atoms with E-state index >= 15 is 0 Å². The molecule has 1 aromatic carbocycles. The minimum atomic E-state index is 0.0962. The lowest BCUT2D eigenvalue weighted by molar-refractivity contribution is 0.233. The second-order valence-electron chi connectivity index (χ2n) is 5.94. The van der Waals surface area contributed by atoms with Crippen LogP contribution in [0.2, 0.25) is 5.02 Å². The summed E-state index contributed by atoms with van der Waals surface area (Å²) in [4.78, 5) is 6.82.